The maximum Gasteiger partial charge on any atom is 0.261 e. The molecule has 3 rings (SSSR count). The lowest BCUT2D eigenvalue weighted by molar-refractivity contribution is 0.0954. The molecule has 0 atom stereocenters. The van der Waals surface area contributed by atoms with E-state index < -0.39 is 0 Å². The molecule has 8 heteroatoms. The molecule has 0 unspecified atom stereocenters. The summed E-state index contributed by atoms with van der Waals surface area (Å²) in [5.41, 5.74) is 2.02. The minimum absolute atomic E-state index is 0.238. The summed E-state index contributed by atoms with van der Waals surface area (Å²) in [4.78, 5) is 22.6. The fourth-order valence-corrected chi connectivity index (χ4v) is 3.82. The van der Waals surface area contributed by atoms with Crippen LogP contribution in [0.5, 0.6) is 5.88 Å². The highest BCUT2D eigenvalue weighted by atomic mass is 32.1. The number of rotatable bonds is 6. The molecule has 0 bridgehead atoms. The van der Waals surface area contributed by atoms with Crippen molar-refractivity contribution in [3.8, 4) is 5.88 Å². The van der Waals surface area contributed by atoms with Gasteiger partial charge in [0, 0.05) is 13.7 Å². The maximum atomic E-state index is 13.7. The van der Waals surface area contributed by atoms with Gasteiger partial charge in [0.2, 0.25) is 5.88 Å². The lowest BCUT2D eigenvalue weighted by Gasteiger charge is -2.06. The number of fused-ring (bicyclic) bond motifs is 1. The summed E-state index contributed by atoms with van der Waals surface area (Å²) < 4.78 is 24.1. The van der Waals surface area contributed by atoms with Gasteiger partial charge in [-0.2, -0.15) is 4.98 Å². The Balaban J connectivity index is 1.87. The molecule has 142 valence electrons. The Morgan fingerprint density at radius 2 is 2.04 bits per heavy atom. The van der Waals surface area contributed by atoms with Gasteiger partial charge in [-0.25, -0.2) is 9.37 Å². The van der Waals surface area contributed by atoms with E-state index in [0.717, 1.165) is 5.56 Å². The molecule has 0 saturated carbocycles. The molecule has 1 amide bonds. The first kappa shape index (κ1) is 19.2. The molecular formula is C19H20FN3O3S. The average Bonchev–Trinajstić information content (AvgIpc) is 2.99. The predicted octanol–water partition coefficient (Wildman–Crippen LogP) is 3.53. The third-order valence-electron chi connectivity index (χ3n) is 4.17. The van der Waals surface area contributed by atoms with Crippen LogP contribution in [0.15, 0.2) is 18.2 Å². The van der Waals surface area contributed by atoms with E-state index >= 15 is 0 Å². The molecule has 0 fully saturated rings. The summed E-state index contributed by atoms with van der Waals surface area (Å²) in [6, 6.07) is 4.92. The van der Waals surface area contributed by atoms with Gasteiger partial charge in [0.1, 0.15) is 17.3 Å². The average molecular weight is 389 g/mol. The maximum absolute atomic E-state index is 13.7. The summed E-state index contributed by atoms with van der Waals surface area (Å²) in [5.74, 6) is 0.378. The molecule has 27 heavy (non-hydrogen) atoms. The number of halogens is 1. The van der Waals surface area contributed by atoms with Crippen molar-refractivity contribution in [3.05, 3.63) is 51.4 Å². The van der Waals surface area contributed by atoms with E-state index in [1.165, 1.54) is 24.5 Å². The van der Waals surface area contributed by atoms with Crippen LogP contribution in [0.2, 0.25) is 0 Å². The number of hydrogen-bond donors (Lipinski definition) is 1. The van der Waals surface area contributed by atoms with Gasteiger partial charge >= 0.3 is 0 Å². The van der Waals surface area contributed by atoms with Gasteiger partial charge in [0.25, 0.3) is 5.91 Å². The fourth-order valence-electron chi connectivity index (χ4n) is 2.71. The number of nitrogens with one attached hydrogen (secondary N) is 1. The molecule has 6 nitrogen and oxygen atoms in total. The number of hydrogen-bond acceptors (Lipinski definition) is 6. The molecule has 0 aliphatic rings. The minimum atomic E-state index is -0.287. The highest BCUT2D eigenvalue weighted by Gasteiger charge is 2.21. The van der Waals surface area contributed by atoms with Gasteiger partial charge in [-0.15, -0.1) is 11.3 Å². The van der Waals surface area contributed by atoms with Crippen LogP contribution in [0, 0.1) is 19.7 Å². The van der Waals surface area contributed by atoms with Crippen molar-refractivity contribution in [3.63, 3.8) is 0 Å². The molecule has 0 saturated heterocycles. The van der Waals surface area contributed by atoms with Crippen LogP contribution in [0.4, 0.5) is 4.39 Å². The van der Waals surface area contributed by atoms with E-state index in [1.54, 1.807) is 26.2 Å². The third-order valence-corrected chi connectivity index (χ3v) is 5.35. The van der Waals surface area contributed by atoms with Crippen LogP contribution >= 0.6 is 11.3 Å². The van der Waals surface area contributed by atoms with Crippen LogP contribution < -0.4 is 10.1 Å². The Morgan fingerprint density at radius 1 is 1.26 bits per heavy atom. The van der Waals surface area contributed by atoms with Crippen molar-refractivity contribution in [2.24, 2.45) is 0 Å². The molecule has 0 aliphatic heterocycles. The number of benzene rings is 1. The number of thiophene rings is 1. The standard InChI is InChI=1S/C19H20FN3O3S/c1-10-5-6-12(7-13(10)20)8-21-17(24)16-11(2)15-18(26-4)22-14(9-25-3)23-19(15)27-16/h5-7H,8-9H2,1-4H3,(H,21,24). The Bertz CT molecular complexity index is 1000. The summed E-state index contributed by atoms with van der Waals surface area (Å²) in [6.07, 6.45) is 0. The van der Waals surface area contributed by atoms with Gasteiger partial charge in [-0.05, 0) is 36.6 Å². The summed E-state index contributed by atoms with van der Waals surface area (Å²) in [5, 5.41) is 3.55. The molecule has 0 spiro atoms. The smallest absolute Gasteiger partial charge is 0.261 e. The second-order valence-corrected chi connectivity index (χ2v) is 7.08. The lowest BCUT2D eigenvalue weighted by atomic mass is 10.1. The Morgan fingerprint density at radius 3 is 2.70 bits per heavy atom. The van der Waals surface area contributed by atoms with E-state index in [9.17, 15) is 9.18 Å². The first-order valence-electron chi connectivity index (χ1n) is 8.30. The van der Waals surface area contributed by atoms with Crippen LogP contribution in [-0.4, -0.2) is 30.1 Å². The fraction of sp³-hybridized carbons (Fsp3) is 0.316. The van der Waals surface area contributed by atoms with Crippen LogP contribution in [0.1, 0.15) is 32.2 Å². The van der Waals surface area contributed by atoms with Gasteiger partial charge in [-0.3, -0.25) is 4.79 Å². The van der Waals surface area contributed by atoms with E-state index in [-0.39, 0.29) is 24.9 Å². The number of aromatic nitrogens is 2. The Hall–Kier alpha value is -2.58. The zero-order chi connectivity index (χ0) is 19.6. The minimum Gasteiger partial charge on any atom is -0.480 e. The highest BCUT2D eigenvalue weighted by molar-refractivity contribution is 7.20. The summed E-state index contributed by atoms with van der Waals surface area (Å²) in [7, 11) is 3.09. The molecule has 2 heterocycles. The van der Waals surface area contributed by atoms with Crippen molar-refractivity contribution in [1.29, 1.82) is 0 Å². The van der Waals surface area contributed by atoms with Crippen molar-refractivity contribution >= 4 is 27.5 Å². The van der Waals surface area contributed by atoms with Gasteiger partial charge < -0.3 is 14.8 Å². The van der Waals surface area contributed by atoms with Crippen molar-refractivity contribution in [1.82, 2.24) is 15.3 Å². The van der Waals surface area contributed by atoms with Gasteiger partial charge in [-0.1, -0.05) is 12.1 Å². The quantitative estimate of drug-likeness (QED) is 0.698. The number of carbonyl (C=O) groups excluding carboxylic acids is 1. The molecule has 0 radical (unpaired) electrons. The molecular weight excluding hydrogens is 369 g/mol. The first-order chi connectivity index (χ1) is 12.9. The van der Waals surface area contributed by atoms with Crippen molar-refractivity contribution < 1.29 is 18.7 Å². The topological polar surface area (TPSA) is 73.3 Å². The van der Waals surface area contributed by atoms with E-state index in [0.29, 0.717) is 37.9 Å². The first-order valence-corrected chi connectivity index (χ1v) is 9.12. The molecule has 1 aromatic carbocycles. The molecule has 0 aliphatic carbocycles. The number of nitrogens with zero attached hydrogens (tertiary/aromatic N) is 2. The number of carbonyl (C=O) groups is 1. The van der Waals surface area contributed by atoms with E-state index in [4.69, 9.17) is 9.47 Å². The zero-order valence-electron chi connectivity index (χ0n) is 15.6. The molecule has 3 aromatic rings. The van der Waals surface area contributed by atoms with Crippen LogP contribution in [0.25, 0.3) is 10.2 Å². The van der Waals surface area contributed by atoms with Crippen LogP contribution in [0.3, 0.4) is 0 Å². The van der Waals surface area contributed by atoms with Crippen molar-refractivity contribution in [2.75, 3.05) is 14.2 Å². The van der Waals surface area contributed by atoms with Crippen molar-refractivity contribution in [2.45, 2.75) is 27.0 Å². The van der Waals surface area contributed by atoms with Gasteiger partial charge in [0.15, 0.2) is 5.82 Å². The number of aryl methyl sites for hydroxylation is 2. The number of amides is 1. The summed E-state index contributed by atoms with van der Waals surface area (Å²) in [6.45, 7) is 4.02. The largest absolute Gasteiger partial charge is 0.480 e. The van der Waals surface area contributed by atoms with E-state index in [1.807, 2.05) is 6.92 Å². The van der Waals surface area contributed by atoms with Gasteiger partial charge in [0.05, 0.1) is 17.4 Å². The van der Waals surface area contributed by atoms with E-state index in [2.05, 4.69) is 15.3 Å². The zero-order valence-corrected chi connectivity index (χ0v) is 16.4. The number of methoxy groups -OCH3 is 2. The molecule has 1 N–H and O–H groups in total. The third kappa shape index (κ3) is 3.91. The van der Waals surface area contributed by atoms with Crippen LogP contribution in [-0.2, 0) is 17.9 Å². The monoisotopic (exact) mass is 389 g/mol. The second-order valence-electron chi connectivity index (χ2n) is 6.08. The molecule has 2 aromatic heterocycles. The highest BCUT2D eigenvalue weighted by Crippen LogP contribution is 2.35. The number of ether oxygens (including phenoxy) is 2. The SMILES string of the molecule is COCc1nc(OC)c2c(C)c(C(=O)NCc3ccc(C)c(F)c3)sc2n1. The summed E-state index contributed by atoms with van der Waals surface area (Å²) >= 11 is 1.27. The Kier molecular flexibility index (Phi) is 5.67. The second kappa shape index (κ2) is 7.98. The Labute approximate surface area is 160 Å². The lowest BCUT2D eigenvalue weighted by Crippen LogP contribution is -2.22. The normalized spacial score (nSPS) is 11.0. The predicted molar refractivity (Wildman–Crippen MR) is 102 cm³/mol.